The molecule has 3 rings (SSSR count). The quantitative estimate of drug-likeness (QED) is 0.858. The van der Waals surface area contributed by atoms with Crippen LogP contribution in [0.5, 0.6) is 0 Å². The molecule has 0 radical (unpaired) electrons. The lowest BCUT2D eigenvalue weighted by Crippen LogP contribution is -2.34. The first-order valence-electron chi connectivity index (χ1n) is 7.64. The second-order valence-corrected chi connectivity index (χ2v) is 10.3. The lowest BCUT2D eigenvalue weighted by Gasteiger charge is -2.15. The fraction of sp³-hybridized carbons (Fsp3) is 0.467. The number of anilines is 1. The first-order valence-corrected chi connectivity index (χ1v) is 10.8. The molecule has 0 fully saturated rings. The van der Waals surface area contributed by atoms with E-state index in [1.54, 1.807) is 11.4 Å². The molecule has 130 valence electrons. The molecule has 2 heterocycles. The van der Waals surface area contributed by atoms with E-state index in [4.69, 9.17) is 0 Å². The Labute approximate surface area is 149 Å². The molecule has 6 nitrogen and oxygen atoms in total. The molecular weight excluding hydrogens is 366 g/mol. The molecule has 0 bridgehead atoms. The number of aromatic nitrogens is 1. The number of likely N-dealkylation sites (N-methyl/N-ethyl adjacent to an activating group) is 1. The second-order valence-electron chi connectivity index (χ2n) is 5.98. The predicted molar refractivity (Wildman–Crippen MR) is 96.1 cm³/mol. The summed E-state index contributed by atoms with van der Waals surface area (Å²) in [6.07, 6.45) is 3.05. The van der Waals surface area contributed by atoms with Crippen LogP contribution in [0.1, 0.15) is 23.9 Å². The minimum atomic E-state index is -3.62. The van der Waals surface area contributed by atoms with Gasteiger partial charge in [0.2, 0.25) is 5.91 Å². The molecule has 1 unspecified atom stereocenters. The Morgan fingerprint density at radius 1 is 1.50 bits per heavy atom. The Morgan fingerprint density at radius 2 is 2.29 bits per heavy atom. The summed E-state index contributed by atoms with van der Waals surface area (Å²) in [6, 6.07) is 3.21. The third kappa shape index (κ3) is 3.69. The number of rotatable bonds is 5. The standard InChI is InChI=1S/C15H19N3O3S3/c1-10-5-6-11-12(8-10)23-15(16-11)17-13(19)9-18(2)24(20,21)14-4-3-7-22-14/h3-4,7,10H,5-6,8-9H2,1-2H3,(H,16,17,19). The summed E-state index contributed by atoms with van der Waals surface area (Å²) >= 11 is 2.63. The van der Waals surface area contributed by atoms with Crippen LogP contribution in [-0.4, -0.2) is 37.2 Å². The number of hydrogen-bond acceptors (Lipinski definition) is 6. The van der Waals surface area contributed by atoms with E-state index in [2.05, 4.69) is 17.2 Å². The van der Waals surface area contributed by atoms with Crippen LogP contribution >= 0.6 is 22.7 Å². The van der Waals surface area contributed by atoms with Gasteiger partial charge < -0.3 is 5.32 Å². The molecule has 1 atom stereocenters. The van der Waals surface area contributed by atoms with E-state index in [0.717, 1.165) is 40.6 Å². The lowest BCUT2D eigenvalue weighted by atomic mass is 9.93. The molecule has 9 heteroatoms. The highest BCUT2D eigenvalue weighted by molar-refractivity contribution is 7.91. The number of hydrogen-bond donors (Lipinski definition) is 1. The van der Waals surface area contributed by atoms with Gasteiger partial charge in [0.05, 0.1) is 12.2 Å². The Kier molecular flexibility index (Phi) is 5.05. The summed E-state index contributed by atoms with van der Waals surface area (Å²) < 4.78 is 25.9. The van der Waals surface area contributed by atoms with Crippen molar-refractivity contribution in [3.05, 3.63) is 28.1 Å². The number of carbonyl (C=O) groups is 1. The zero-order valence-corrected chi connectivity index (χ0v) is 15.9. The average molecular weight is 386 g/mol. The number of amides is 1. The molecule has 0 spiro atoms. The fourth-order valence-corrected chi connectivity index (χ4v) is 6.12. The van der Waals surface area contributed by atoms with Crippen molar-refractivity contribution in [2.24, 2.45) is 5.92 Å². The van der Waals surface area contributed by atoms with E-state index in [-0.39, 0.29) is 16.7 Å². The van der Waals surface area contributed by atoms with E-state index < -0.39 is 10.0 Å². The first kappa shape index (κ1) is 17.5. The molecule has 0 aromatic carbocycles. The highest BCUT2D eigenvalue weighted by atomic mass is 32.2. The molecule has 0 aliphatic heterocycles. The van der Waals surface area contributed by atoms with Gasteiger partial charge in [-0.25, -0.2) is 13.4 Å². The van der Waals surface area contributed by atoms with Gasteiger partial charge in [0, 0.05) is 11.9 Å². The first-order chi connectivity index (χ1) is 11.4. The Hall–Kier alpha value is -1.29. The van der Waals surface area contributed by atoms with E-state index in [1.165, 1.54) is 29.3 Å². The molecule has 1 N–H and O–H groups in total. The van der Waals surface area contributed by atoms with Crippen molar-refractivity contribution < 1.29 is 13.2 Å². The number of thiophene rings is 1. The Balaban J connectivity index is 1.64. The summed E-state index contributed by atoms with van der Waals surface area (Å²) in [4.78, 5) is 17.9. The van der Waals surface area contributed by atoms with Crippen LogP contribution in [0.15, 0.2) is 21.7 Å². The number of nitrogens with zero attached hydrogens (tertiary/aromatic N) is 2. The van der Waals surface area contributed by atoms with E-state index in [9.17, 15) is 13.2 Å². The monoisotopic (exact) mass is 385 g/mol. The number of nitrogens with one attached hydrogen (secondary N) is 1. The molecular formula is C15H19N3O3S3. The predicted octanol–water partition coefficient (Wildman–Crippen LogP) is 2.59. The van der Waals surface area contributed by atoms with E-state index in [0.29, 0.717) is 11.0 Å². The third-order valence-corrected chi connectivity index (χ3v) is 8.17. The smallest absolute Gasteiger partial charge is 0.252 e. The van der Waals surface area contributed by atoms with Crippen molar-refractivity contribution in [2.75, 3.05) is 18.9 Å². The van der Waals surface area contributed by atoms with Crippen LogP contribution in [0.25, 0.3) is 0 Å². The van der Waals surface area contributed by atoms with Crippen LogP contribution in [0, 0.1) is 5.92 Å². The molecule has 2 aromatic rings. The zero-order valence-electron chi connectivity index (χ0n) is 13.5. The normalized spacial score (nSPS) is 17.7. The van der Waals surface area contributed by atoms with Crippen LogP contribution in [0.2, 0.25) is 0 Å². The molecule has 2 aromatic heterocycles. The van der Waals surface area contributed by atoms with Gasteiger partial charge in [-0.05, 0) is 36.6 Å². The number of sulfonamides is 1. The summed E-state index contributed by atoms with van der Waals surface area (Å²) in [5, 5.41) is 4.98. The largest absolute Gasteiger partial charge is 0.301 e. The molecule has 0 saturated carbocycles. The average Bonchev–Trinajstić information content (AvgIpc) is 3.15. The number of carbonyl (C=O) groups excluding carboxylic acids is 1. The SMILES string of the molecule is CC1CCc2nc(NC(=O)CN(C)S(=O)(=O)c3cccs3)sc2C1. The highest BCUT2D eigenvalue weighted by Crippen LogP contribution is 2.32. The van der Waals surface area contributed by atoms with Crippen molar-refractivity contribution in [3.63, 3.8) is 0 Å². The van der Waals surface area contributed by atoms with Crippen molar-refractivity contribution in [1.29, 1.82) is 0 Å². The van der Waals surface area contributed by atoms with Crippen LogP contribution < -0.4 is 5.32 Å². The topological polar surface area (TPSA) is 79.4 Å². The van der Waals surface area contributed by atoms with Gasteiger partial charge >= 0.3 is 0 Å². The number of fused-ring (bicyclic) bond motifs is 1. The molecule has 0 saturated heterocycles. The van der Waals surface area contributed by atoms with Gasteiger partial charge in [0.1, 0.15) is 4.21 Å². The Morgan fingerprint density at radius 3 is 3.00 bits per heavy atom. The lowest BCUT2D eigenvalue weighted by molar-refractivity contribution is -0.116. The van der Waals surface area contributed by atoms with Crippen molar-refractivity contribution in [2.45, 2.75) is 30.4 Å². The van der Waals surface area contributed by atoms with E-state index >= 15 is 0 Å². The molecule has 1 aliphatic carbocycles. The van der Waals surface area contributed by atoms with Crippen LogP contribution in [0.3, 0.4) is 0 Å². The van der Waals surface area contributed by atoms with Gasteiger partial charge in [-0.15, -0.1) is 22.7 Å². The summed E-state index contributed by atoms with van der Waals surface area (Å²) in [6.45, 7) is 1.98. The summed E-state index contributed by atoms with van der Waals surface area (Å²) in [7, 11) is -2.21. The van der Waals surface area contributed by atoms with Crippen LogP contribution in [0.4, 0.5) is 5.13 Å². The van der Waals surface area contributed by atoms with Gasteiger partial charge in [-0.3, -0.25) is 4.79 Å². The molecule has 1 amide bonds. The van der Waals surface area contributed by atoms with Crippen molar-refractivity contribution >= 4 is 43.7 Å². The summed E-state index contributed by atoms with van der Waals surface area (Å²) in [5.74, 6) is 0.264. The number of aryl methyl sites for hydroxylation is 1. The molecule has 1 aliphatic rings. The maximum atomic E-state index is 12.3. The van der Waals surface area contributed by atoms with Gasteiger partial charge in [0.25, 0.3) is 10.0 Å². The van der Waals surface area contributed by atoms with Crippen molar-refractivity contribution in [1.82, 2.24) is 9.29 Å². The van der Waals surface area contributed by atoms with E-state index in [1.807, 2.05) is 0 Å². The maximum Gasteiger partial charge on any atom is 0.252 e. The summed E-state index contributed by atoms with van der Waals surface area (Å²) in [5.41, 5.74) is 1.06. The van der Waals surface area contributed by atoms with Gasteiger partial charge in [-0.1, -0.05) is 13.0 Å². The third-order valence-electron chi connectivity index (χ3n) is 3.96. The van der Waals surface area contributed by atoms with Gasteiger partial charge in [0.15, 0.2) is 5.13 Å². The highest BCUT2D eigenvalue weighted by Gasteiger charge is 2.25. The Bertz CT molecular complexity index is 828. The minimum absolute atomic E-state index is 0.233. The number of thiazole rings is 1. The van der Waals surface area contributed by atoms with Crippen LogP contribution in [-0.2, 0) is 27.7 Å². The minimum Gasteiger partial charge on any atom is -0.301 e. The van der Waals surface area contributed by atoms with Crippen molar-refractivity contribution in [3.8, 4) is 0 Å². The second kappa shape index (κ2) is 6.91. The zero-order chi connectivity index (χ0) is 17.3. The fourth-order valence-electron chi connectivity index (χ4n) is 2.60. The maximum absolute atomic E-state index is 12.3. The van der Waals surface area contributed by atoms with Gasteiger partial charge in [-0.2, -0.15) is 4.31 Å². The molecule has 24 heavy (non-hydrogen) atoms.